The van der Waals surface area contributed by atoms with Crippen molar-refractivity contribution < 1.29 is 8.78 Å². The number of benzene rings is 2. The monoisotopic (exact) mass is 528 g/mol. The van der Waals surface area contributed by atoms with E-state index in [-0.39, 0.29) is 23.5 Å². The maximum Gasteiger partial charge on any atom is 0.123 e. The Morgan fingerprint density at radius 1 is 0.533 bits per heavy atom. The van der Waals surface area contributed by atoms with Crippen LogP contribution < -0.4 is 0 Å². The maximum absolute atomic E-state index is 13.7. The highest BCUT2D eigenvalue weighted by atomic mass is 79.9. The van der Waals surface area contributed by atoms with Crippen LogP contribution in [0.3, 0.4) is 0 Å². The second-order valence-corrected chi connectivity index (χ2v) is 8.45. The van der Waals surface area contributed by atoms with E-state index in [0.717, 1.165) is 22.5 Å². The van der Waals surface area contributed by atoms with Crippen molar-refractivity contribution in [3.05, 3.63) is 128 Å². The van der Waals surface area contributed by atoms with Crippen LogP contribution >= 0.6 is 31.9 Å². The average Bonchev–Trinajstić information content (AvgIpc) is 2.74. The number of aromatic nitrogens is 2. The zero-order valence-electron chi connectivity index (χ0n) is 15.6. The van der Waals surface area contributed by atoms with Crippen molar-refractivity contribution in [2.75, 3.05) is 0 Å². The Morgan fingerprint density at radius 3 is 1.23 bits per heavy atom. The molecule has 0 aliphatic carbocycles. The van der Waals surface area contributed by atoms with E-state index in [1.807, 2.05) is 36.4 Å². The minimum atomic E-state index is -0.307. The first-order valence-corrected chi connectivity index (χ1v) is 10.9. The SMILES string of the molecule is Fc1ccc([C@H](c2cccc(Br)n2)[C@H](c2ccc(F)cc2)c2cccc(Br)n2)cc1. The Labute approximate surface area is 190 Å². The molecule has 30 heavy (non-hydrogen) atoms. The standard InChI is InChI=1S/C24H16Br2F2N2/c25-21-5-1-3-19(29-21)23(15-7-11-17(27)12-8-15)24(16-9-13-18(28)14-10-16)20-4-2-6-22(26)30-20/h1-14,23-24H/t23-,24-/m1/s1. The van der Waals surface area contributed by atoms with Gasteiger partial charge in [-0.2, -0.15) is 0 Å². The lowest BCUT2D eigenvalue weighted by Crippen LogP contribution is -2.17. The fraction of sp³-hybridized carbons (Fsp3) is 0.0833. The highest BCUT2D eigenvalue weighted by Crippen LogP contribution is 2.42. The summed E-state index contributed by atoms with van der Waals surface area (Å²) in [6, 6.07) is 24.2. The van der Waals surface area contributed by atoms with Gasteiger partial charge in [-0.25, -0.2) is 18.7 Å². The molecule has 0 spiro atoms. The lowest BCUT2D eigenvalue weighted by atomic mass is 9.77. The Bertz CT molecular complexity index is 1060. The third-order valence-corrected chi connectivity index (χ3v) is 5.79. The Hall–Kier alpha value is -2.44. The lowest BCUT2D eigenvalue weighted by molar-refractivity contribution is 0.615. The second-order valence-electron chi connectivity index (χ2n) is 6.83. The molecule has 2 nitrogen and oxygen atoms in total. The summed E-state index contributed by atoms with van der Waals surface area (Å²) >= 11 is 6.91. The van der Waals surface area contributed by atoms with Crippen molar-refractivity contribution >= 4 is 31.9 Å². The lowest BCUT2D eigenvalue weighted by Gasteiger charge is -2.28. The van der Waals surface area contributed by atoms with Gasteiger partial charge >= 0.3 is 0 Å². The number of hydrogen-bond acceptors (Lipinski definition) is 2. The molecule has 2 heterocycles. The van der Waals surface area contributed by atoms with Gasteiger partial charge < -0.3 is 0 Å². The summed E-state index contributed by atoms with van der Waals surface area (Å²) in [6.07, 6.45) is 0. The van der Waals surface area contributed by atoms with E-state index in [1.54, 1.807) is 24.3 Å². The van der Waals surface area contributed by atoms with E-state index >= 15 is 0 Å². The summed E-state index contributed by atoms with van der Waals surface area (Å²) in [6.45, 7) is 0. The van der Waals surface area contributed by atoms with Crippen LogP contribution in [0, 0.1) is 11.6 Å². The minimum absolute atomic E-state index is 0.268. The predicted octanol–water partition coefficient (Wildman–Crippen LogP) is 7.24. The number of hydrogen-bond donors (Lipinski definition) is 0. The van der Waals surface area contributed by atoms with Crippen LogP contribution in [0.15, 0.2) is 94.1 Å². The van der Waals surface area contributed by atoms with Crippen LogP contribution in [-0.4, -0.2) is 9.97 Å². The average molecular weight is 530 g/mol. The molecule has 0 unspecified atom stereocenters. The maximum atomic E-state index is 13.7. The summed E-state index contributed by atoms with van der Waals surface area (Å²) in [7, 11) is 0. The predicted molar refractivity (Wildman–Crippen MR) is 120 cm³/mol. The van der Waals surface area contributed by atoms with Gasteiger partial charge in [0.05, 0.1) is 11.4 Å². The molecule has 0 saturated heterocycles. The van der Waals surface area contributed by atoms with Gasteiger partial charge in [0.15, 0.2) is 0 Å². The summed E-state index contributed by atoms with van der Waals surface area (Å²) < 4.78 is 28.8. The molecule has 0 radical (unpaired) electrons. The zero-order valence-corrected chi connectivity index (χ0v) is 18.8. The van der Waals surface area contributed by atoms with Gasteiger partial charge in [-0.15, -0.1) is 0 Å². The van der Waals surface area contributed by atoms with Crippen LogP contribution in [-0.2, 0) is 0 Å². The summed E-state index contributed by atoms with van der Waals surface area (Å²) in [5.74, 6) is -1.15. The first kappa shape index (κ1) is 20.8. The van der Waals surface area contributed by atoms with Gasteiger partial charge in [0, 0.05) is 11.8 Å². The molecule has 4 aromatic rings. The first-order valence-electron chi connectivity index (χ1n) is 9.27. The van der Waals surface area contributed by atoms with E-state index in [9.17, 15) is 8.78 Å². The molecule has 4 rings (SSSR count). The molecule has 2 aromatic carbocycles. The topological polar surface area (TPSA) is 25.8 Å². The van der Waals surface area contributed by atoms with E-state index in [2.05, 4.69) is 31.9 Å². The van der Waals surface area contributed by atoms with Crippen molar-refractivity contribution in [1.82, 2.24) is 9.97 Å². The number of pyridine rings is 2. The smallest absolute Gasteiger partial charge is 0.123 e. The van der Waals surface area contributed by atoms with Crippen molar-refractivity contribution in [2.45, 2.75) is 11.8 Å². The van der Waals surface area contributed by atoms with E-state index in [4.69, 9.17) is 9.97 Å². The molecule has 0 saturated carbocycles. The van der Waals surface area contributed by atoms with Gasteiger partial charge in [-0.1, -0.05) is 36.4 Å². The highest BCUT2D eigenvalue weighted by molar-refractivity contribution is 9.10. The quantitative estimate of drug-likeness (QED) is 0.254. The largest absolute Gasteiger partial charge is 0.245 e. The minimum Gasteiger partial charge on any atom is -0.245 e. The van der Waals surface area contributed by atoms with Crippen LogP contribution in [0.2, 0.25) is 0 Å². The van der Waals surface area contributed by atoms with Crippen molar-refractivity contribution in [3.63, 3.8) is 0 Å². The van der Waals surface area contributed by atoms with Crippen LogP contribution in [0.5, 0.6) is 0 Å². The molecule has 2 atom stereocenters. The summed E-state index contributed by atoms with van der Waals surface area (Å²) in [5, 5.41) is 0. The van der Waals surface area contributed by atoms with Gasteiger partial charge in [0.2, 0.25) is 0 Å². The van der Waals surface area contributed by atoms with E-state index in [1.165, 1.54) is 24.3 Å². The Kier molecular flexibility index (Phi) is 6.35. The van der Waals surface area contributed by atoms with E-state index in [0.29, 0.717) is 9.21 Å². The number of rotatable bonds is 5. The fourth-order valence-electron chi connectivity index (χ4n) is 3.60. The van der Waals surface area contributed by atoms with Crippen molar-refractivity contribution in [1.29, 1.82) is 0 Å². The molecule has 0 aliphatic rings. The van der Waals surface area contributed by atoms with Gasteiger partial charge in [0.1, 0.15) is 20.8 Å². The van der Waals surface area contributed by atoms with Crippen molar-refractivity contribution in [2.24, 2.45) is 0 Å². The first-order chi connectivity index (χ1) is 14.5. The third kappa shape index (κ3) is 4.65. The molecule has 0 aliphatic heterocycles. The molecule has 2 aromatic heterocycles. The van der Waals surface area contributed by atoms with E-state index < -0.39 is 0 Å². The molecule has 6 heteroatoms. The molecule has 0 N–H and O–H groups in total. The fourth-order valence-corrected chi connectivity index (χ4v) is 4.32. The molecule has 0 fully saturated rings. The van der Waals surface area contributed by atoms with Gasteiger partial charge in [0.25, 0.3) is 0 Å². The summed E-state index contributed by atoms with van der Waals surface area (Å²) in [4.78, 5) is 9.39. The Morgan fingerprint density at radius 2 is 0.900 bits per heavy atom. The number of halogens is 4. The molecular formula is C24H16Br2F2N2. The number of nitrogens with zero attached hydrogens (tertiary/aromatic N) is 2. The van der Waals surface area contributed by atoms with Gasteiger partial charge in [-0.3, -0.25) is 0 Å². The second kappa shape index (κ2) is 9.14. The molecule has 150 valence electrons. The highest BCUT2D eigenvalue weighted by Gasteiger charge is 2.30. The van der Waals surface area contributed by atoms with Crippen LogP contribution in [0.4, 0.5) is 8.78 Å². The Balaban J connectivity index is 1.96. The van der Waals surface area contributed by atoms with Crippen LogP contribution in [0.25, 0.3) is 0 Å². The van der Waals surface area contributed by atoms with Crippen molar-refractivity contribution in [3.8, 4) is 0 Å². The molecule has 0 amide bonds. The molecule has 0 bridgehead atoms. The normalized spacial score (nSPS) is 13.1. The molecular weight excluding hydrogens is 514 g/mol. The van der Waals surface area contributed by atoms with Gasteiger partial charge in [-0.05, 0) is 91.5 Å². The summed E-state index contributed by atoms with van der Waals surface area (Å²) in [5.41, 5.74) is 3.37. The zero-order chi connectivity index (χ0) is 21.1. The van der Waals surface area contributed by atoms with Crippen LogP contribution in [0.1, 0.15) is 34.4 Å². The third-order valence-electron chi connectivity index (χ3n) is 4.90.